The van der Waals surface area contributed by atoms with Gasteiger partial charge in [0.1, 0.15) is 0 Å². The number of amides is 1. The van der Waals surface area contributed by atoms with Crippen molar-refractivity contribution < 1.29 is 4.79 Å². The summed E-state index contributed by atoms with van der Waals surface area (Å²) in [6.07, 6.45) is 1.50. The van der Waals surface area contributed by atoms with Gasteiger partial charge < -0.3 is 14.8 Å². The van der Waals surface area contributed by atoms with Crippen LogP contribution < -0.4 is 5.56 Å². The van der Waals surface area contributed by atoms with Crippen LogP contribution in [0.25, 0.3) is 0 Å². The number of nitrogens with one attached hydrogen (secondary N) is 1. The number of nitrogens with zero attached hydrogens (tertiary/aromatic N) is 2. The zero-order valence-electron chi connectivity index (χ0n) is 12.6. The third-order valence-corrected chi connectivity index (χ3v) is 4.17. The lowest BCUT2D eigenvalue weighted by atomic mass is 9.91. The summed E-state index contributed by atoms with van der Waals surface area (Å²) >= 11 is 0. The molecule has 1 amide bonds. The summed E-state index contributed by atoms with van der Waals surface area (Å²) in [7, 11) is 4.13. The van der Waals surface area contributed by atoms with E-state index in [0.29, 0.717) is 23.4 Å². The fourth-order valence-corrected chi connectivity index (χ4v) is 2.91. The second kappa shape index (κ2) is 5.79. The van der Waals surface area contributed by atoms with Crippen molar-refractivity contribution >= 4 is 5.91 Å². The van der Waals surface area contributed by atoms with Crippen molar-refractivity contribution in [3.05, 3.63) is 34.2 Å². The molecule has 1 saturated heterocycles. The Morgan fingerprint density at radius 1 is 1.35 bits per heavy atom. The summed E-state index contributed by atoms with van der Waals surface area (Å²) in [5.41, 5.74) is 0.362. The minimum Gasteiger partial charge on any atom is -0.337 e. The van der Waals surface area contributed by atoms with Crippen LogP contribution in [0.4, 0.5) is 0 Å². The number of carbonyl (C=O) groups is 1. The number of aromatic amines is 1. The molecule has 1 aliphatic heterocycles. The van der Waals surface area contributed by atoms with Gasteiger partial charge in [0.15, 0.2) is 0 Å². The lowest BCUT2D eigenvalue weighted by Gasteiger charge is -2.27. The van der Waals surface area contributed by atoms with Crippen LogP contribution in [-0.2, 0) is 0 Å². The molecule has 0 bridgehead atoms. The van der Waals surface area contributed by atoms with Crippen molar-refractivity contribution in [3.8, 4) is 0 Å². The first-order valence-corrected chi connectivity index (χ1v) is 7.04. The highest BCUT2D eigenvalue weighted by atomic mass is 16.2. The van der Waals surface area contributed by atoms with Crippen LogP contribution in [0.3, 0.4) is 0 Å². The van der Waals surface area contributed by atoms with Gasteiger partial charge in [0.25, 0.3) is 5.91 Å². The van der Waals surface area contributed by atoms with Crippen molar-refractivity contribution in [1.29, 1.82) is 0 Å². The SMILES string of the molecule is CC(C)[C@H]1CN(C(=O)c2ccc(=O)[nH]c2)C[C@@H]1N(C)C. The first-order chi connectivity index (χ1) is 9.40. The molecule has 0 spiro atoms. The fourth-order valence-electron chi connectivity index (χ4n) is 2.91. The van der Waals surface area contributed by atoms with Crippen molar-refractivity contribution in [2.45, 2.75) is 19.9 Å². The van der Waals surface area contributed by atoms with E-state index in [9.17, 15) is 9.59 Å². The maximum Gasteiger partial charge on any atom is 0.255 e. The van der Waals surface area contributed by atoms with E-state index in [1.807, 2.05) is 4.90 Å². The van der Waals surface area contributed by atoms with Gasteiger partial charge in [-0.1, -0.05) is 13.8 Å². The quantitative estimate of drug-likeness (QED) is 0.898. The van der Waals surface area contributed by atoms with E-state index in [1.54, 1.807) is 6.07 Å². The summed E-state index contributed by atoms with van der Waals surface area (Å²) in [4.78, 5) is 30.2. The van der Waals surface area contributed by atoms with E-state index in [0.717, 1.165) is 13.1 Å². The predicted octanol–water partition coefficient (Wildman–Crippen LogP) is 1.03. The Morgan fingerprint density at radius 2 is 2.05 bits per heavy atom. The number of carbonyl (C=O) groups excluding carboxylic acids is 1. The number of hydrogen-bond acceptors (Lipinski definition) is 3. The van der Waals surface area contributed by atoms with Gasteiger partial charge >= 0.3 is 0 Å². The first kappa shape index (κ1) is 14.8. The van der Waals surface area contributed by atoms with E-state index < -0.39 is 0 Å². The van der Waals surface area contributed by atoms with E-state index in [4.69, 9.17) is 0 Å². The number of likely N-dealkylation sites (tertiary alicyclic amines) is 1. The van der Waals surface area contributed by atoms with Crippen LogP contribution in [0.2, 0.25) is 0 Å². The summed E-state index contributed by atoms with van der Waals surface area (Å²) in [6.45, 7) is 5.93. The molecular weight excluding hydrogens is 254 g/mol. The molecule has 1 aromatic heterocycles. The Balaban J connectivity index is 2.16. The largest absolute Gasteiger partial charge is 0.337 e. The van der Waals surface area contributed by atoms with E-state index in [1.165, 1.54) is 12.3 Å². The number of aromatic nitrogens is 1. The van der Waals surface area contributed by atoms with Crippen LogP contribution in [0, 0.1) is 11.8 Å². The Bertz CT molecular complexity index is 500. The zero-order chi connectivity index (χ0) is 14.9. The van der Waals surface area contributed by atoms with Crippen molar-refractivity contribution in [2.24, 2.45) is 11.8 Å². The van der Waals surface area contributed by atoms with E-state index >= 15 is 0 Å². The molecule has 5 nitrogen and oxygen atoms in total. The van der Waals surface area contributed by atoms with Crippen molar-refractivity contribution in [1.82, 2.24) is 14.8 Å². The summed E-state index contributed by atoms with van der Waals surface area (Å²) < 4.78 is 0. The summed E-state index contributed by atoms with van der Waals surface area (Å²) in [5, 5.41) is 0. The highest BCUT2D eigenvalue weighted by Gasteiger charge is 2.38. The third kappa shape index (κ3) is 2.93. The fraction of sp³-hybridized carbons (Fsp3) is 0.600. The maximum absolute atomic E-state index is 12.5. The molecule has 20 heavy (non-hydrogen) atoms. The molecule has 0 radical (unpaired) electrons. The lowest BCUT2D eigenvalue weighted by Crippen LogP contribution is -2.37. The standard InChI is InChI=1S/C15H23N3O2/c1-10(2)12-8-18(9-13(12)17(3)4)15(20)11-5-6-14(19)16-7-11/h5-7,10,12-13H,8-9H2,1-4H3,(H,16,19)/t12-,13+/m1/s1. The lowest BCUT2D eigenvalue weighted by molar-refractivity contribution is 0.0779. The molecule has 1 fully saturated rings. The number of hydrogen-bond donors (Lipinski definition) is 1. The molecule has 2 atom stereocenters. The number of H-pyrrole nitrogens is 1. The third-order valence-electron chi connectivity index (χ3n) is 4.17. The molecular formula is C15H23N3O2. The van der Waals surface area contributed by atoms with Gasteiger partial charge in [0.05, 0.1) is 5.56 Å². The average Bonchev–Trinajstić information content (AvgIpc) is 2.84. The molecule has 2 rings (SSSR count). The zero-order valence-corrected chi connectivity index (χ0v) is 12.6. The Labute approximate surface area is 119 Å². The molecule has 5 heteroatoms. The Hall–Kier alpha value is -1.62. The second-order valence-electron chi connectivity index (χ2n) is 6.09. The molecule has 0 saturated carbocycles. The van der Waals surface area contributed by atoms with E-state index in [-0.39, 0.29) is 11.5 Å². The first-order valence-electron chi connectivity index (χ1n) is 7.04. The second-order valence-corrected chi connectivity index (χ2v) is 6.09. The number of rotatable bonds is 3. The molecule has 1 N–H and O–H groups in total. The topological polar surface area (TPSA) is 56.4 Å². The molecule has 0 unspecified atom stereocenters. The Kier molecular flexibility index (Phi) is 4.28. The van der Waals surface area contributed by atoms with Gasteiger partial charge in [-0.05, 0) is 32.0 Å². The smallest absolute Gasteiger partial charge is 0.255 e. The Morgan fingerprint density at radius 3 is 2.50 bits per heavy atom. The predicted molar refractivity (Wildman–Crippen MR) is 78.8 cm³/mol. The number of pyridine rings is 1. The van der Waals surface area contributed by atoms with Crippen LogP contribution in [0.5, 0.6) is 0 Å². The molecule has 1 aromatic rings. The van der Waals surface area contributed by atoms with Gasteiger partial charge in [-0.2, -0.15) is 0 Å². The highest BCUT2D eigenvalue weighted by molar-refractivity contribution is 5.94. The molecule has 0 aliphatic carbocycles. The van der Waals surface area contributed by atoms with Gasteiger partial charge in [-0.15, -0.1) is 0 Å². The molecule has 0 aromatic carbocycles. The van der Waals surface area contributed by atoms with Gasteiger partial charge in [0.2, 0.25) is 5.56 Å². The van der Waals surface area contributed by atoms with Crippen molar-refractivity contribution in [2.75, 3.05) is 27.2 Å². The minimum absolute atomic E-state index is 0.00347. The number of likely N-dealkylation sites (N-methyl/N-ethyl adjacent to an activating group) is 1. The van der Waals surface area contributed by atoms with Crippen LogP contribution in [0.1, 0.15) is 24.2 Å². The monoisotopic (exact) mass is 277 g/mol. The normalized spacial score (nSPS) is 22.8. The molecule has 1 aliphatic rings. The molecule has 110 valence electrons. The summed E-state index contributed by atoms with van der Waals surface area (Å²) in [6, 6.07) is 3.38. The molecule has 2 heterocycles. The van der Waals surface area contributed by atoms with Crippen molar-refractivity contribution in [3.63, 3.8) is 0 Å². The van der Waals surface area contributed by atoms with Crippen LogP contribution in [-0.4, -0.2) is 53.9 Å². The van der Waals surface area contributed by atoms with Crippen LogP contribution in [0.15, 0.2) is 23.1 Å². The highest BCUT2D eigenvalue weighted by Crippen LogP contribution is 2.28. The van der Waals surface area contributed by atoms with Gasteiger partial charge in [-0.3, -0.25) is 9.59 Å². The summed E-state index contributed by atoms with van der Waals surface area (Å²) in [5.74, 6) is 1.02. The van der Waals surface area contributed by atoms with Gasteiger partial charge in [-0.25, -0.2) is 0 Å². The maximum atomic E-state index is 12.5. The van der Waals surface area contributed by atoms with E-state index in [2.05, 4.69) is 37.8 Å². The van der Waals surface area contributed by atoms with Gasteiger partial charge in [0, 0.05) is 31.4 Å². The van der Waals surface area contributed by atoms with Crippen LogP contribution >= 0.6 is 0 Å². The minimum atomic E-state index is -0.186. The average molecular weight is 277 g/mol.